The van der Waals surface area contributed by atoms with Crippen molar-refractivity contribution in [2.45, 2.75) is 26.2 Å². The lowest BCUT2D eigenvalue weighted by atomic mass is 9.95. The molecule has 3 rings (SSSR count). The molecular weight excluding hydrogens is 288 g/mol. The van der Waals surface area contributed by atoms with E-state index in [2.05, 4.69) is 36.0 Å². The summed E-state index contributed by atoms with van der Waals surface area (Å²) in [6.07, 6.45) is 1.90. The number of piperazine rings is 1. The molecule has 2 aromatic rings. The summed E-state index contributed by atoms with van der Waals surface area (Å²) in [6, 6.07) is 7.37. The van der Waals surface area contributed by atoms with E-state index < -0.39 is 0 Å². The predicted octanol–water partition coefficient (Wildman–Crippen LogP) is 2.56. The van der Waals surface area contributed by atoms with Crippen molar-refractivity contribution >= 4 is 5.69 Å². The molecule has 5 nitrogen and oxygen atoms in total. The average Bonchev–Trinajstić information content (AvgIpc) is 2.55. The van der Waals surface area contributed by atoms with Crippen LogP contribution in [0.5, 0.6) is 5.75 Å². The molecule has 0 radical (unpaired) electrons. The van der Waals surface area contributed by atoms with Crippen LogP contribution in [0.15, 0.2) is 30.5 Å². The van der Waals surface area contributed by atoms with Gasteiger partial charge in [0.15, 0.2) is 0 Å². The second kappa shape index (κ2) is 6.16. The van der Waals surface area contributed by atoms with Gasteiger partial charge in [0, 0.05) is 37.2 Å². The molecule has 0 bridgehead atoms. The van der Waals surface area contributed by atoms with Crippen molar-refractivity contribution in [2.24, 2.45) is 0 Å². The number of hydrogen-bond donors (Lipinski definition) is 2. The van der Waals surface area contributed by atoms with Gasteiger partial charge in [-0.1, -0.05) is 32.9 Å². The minimum absolute atomic E-state index is 0.138. The van der Waals surface area contributed by atoms with Crippen molar-refractivity contribution < 1.29 is 5.11 Å². The van der Waals surface area contributed by atoms with Crippen LogP contribution in [-0.4, -0.2) is 41.3 Å². The molecule has 1 aliphatic heterocycles. The maximum Gasteiger partial charge on any atom is 0.134 e. The normalized spacial score (nSPS) is 15.7. The van der Waals surface area contributed by atoms with E-state index in [1.54, 1.807) is 6.07 Å². The quantitative estimate of drug-likeness (QED) is 0.892. The SMILES string of the molecule is CC(C)(C)c1ncc(N2CCNCC2)c(-c2ccccc2O)n1. The average molecular weight is 312 g/mol. The third kappa shape index (κ3) is 3.29. The standard InChI is InChI=1S/C18H24N4O/c1-18(2,3)17-20-12-14(22-10-8-19-9-11-22)16(21-17)13-6-4-5-7-15(13)23/h4-7,12,19,23H,8-11H2,1-3H3. The molecule has 1 fully saturated rings. The Hall–Kier alpha value is -2.14. The lowest BCUT2D eigenvalue weighted by molar-refractivity contribution is 0.476. The number of nitrogens with one attached hydrogen (secondary N) is 1. The van der Waals surface area contributed by atoms with E-state index >= 15 is 0 Å². The maximum atomic E-state index is 10.3. The molecule has 2 N–H and O–H groups in total. The Morgan fingerprint density at radius 3 is 2.48 bits per heavy atom. The van der Waals surface area contributed by atoms with Crippen LogP contribution in [0.25, 0.3) is 11.3 Å². The summed E-state index contributed by atoms with van der Waals surface area (Å²) >= 11 is 0. The third-order valence-electron chi connectivity index (χ3n) is 4.06. The summed E-state index contributed by atoms with van der Waals surface area (Å²) in [5.74, 6) is 1.04. The lowest BCUT2D eigenvalue weighted by Gasteiger charge is -2.31. The van der Waals surface area contributed by atoms with Gasteiger partial charge in [0.1, 0.15) is 17.3 Å². The number of aromatic nitrogens is 2. The highest BCUT2D eigenvalue weighted by atomic mass is 16.3. The number of aromatic hydroxyl groups is 1. The number of anilines is 1. The van der Waals surface area contributed by atoms with Crippen molar-refractivity contribution in [2.75, 3.05) is 31.1 Å². The number of rotatable bonds is 2. The van der Waals surface area contributed by atoms with E-state index in [9.17, 15) is 5.11 Å². The molecule has 1 aliphatic rings. The zero-order chi connectivity index (χ0) is 16.4. The molecule has 23 heavy (non-hydrogen) atoms. The fourth-order valence-corrected chi connectivity index (χ4v) is 2.75. The predicted molar refractivity (Wildman–Crippen MR) is 92.9 cm³/mol. The lowest BCUT2D eigenvalue weighted by Crippen LogP contribution is -2.44. The third-order valence-corrected chi connectivity index (χ3v) is 4.06. The first-order valence-electron chi connectivity index (χ1n) is 8.08. The van der Waals surface area contributed by atoms with Crippen molar-refractivity contribution in [3.8, 4) is 17.0 Å². The molecule has 5 heteroatoms. The van der Waals surface area contributed by atoms with Crippen LogP contribution in [0.3, 0.4) is 0 Å². The first kappa shape index (κ1) is 15.7. The zero-order valence-corrected chi connectivity index (χ0v) is 14.0. The van der Waals surface area contributed by atoms with Gasteiger partial charge in [0.2, 0.25) is 0 Å². The van der Waals surface area contributed by atoms with Crippen LogP contribution in [0, 0.1) is 0 Å². The fraction of sp³-hybridized carbons (Fsp3) is 0.444. The molecule has 1 aromatic carbocycles. The fourth-order valence-electron chi connectivity index (χ4n) is 2.75. The number of para-hydroxylation sites is 1. The molecule has 0 unspecified atom stereocenters. The minimum Gasteiger partial charge on any atom is -0.507 e. The number of benzene rings is 1. The van der Waals surface area contributed by atoms with Crippen molar-refractivity contribution in [1.29, 1.82) is 0 Å². The minimum atomic E-state index is -0.138. The highest BCUT2D eigenvalue weighted by Gasteiger charge is 2.23. The van der Waals surface area contributed by atoms with Gasteiger partial charge in [-0.3, -0.25) is 0 Å². The molecule has 122 valence electrons. The maximum absolute atomic E-state index is 10.3. The second-order valence-corrected chi connectivity index (χ2v) is 6.93. The second-order valence-electron chi connectivity index (χ2n) is 6.93. The van der Waals surface area contributed by atoms with Crippen molar-refractivity contribution in [3.05, 3.63) is 36.3 Å². The Balaban J connectivity index is 2.14. The number of phenols is 1. The topological polar surface area (TPSA) is 61.3 Å². The Morgan fingerprint density at radius 1 is 1.13 bits per heavy atom. The van der Waals surface area contributed by atoms with Gasteiger partial charge in [0.05, 0.1) is 11.9 Å². The van der Waals surface area contributed by atoms with E-state index in [4.69, 9.17) is 4.98 Å². The van der Waals surface area contributed by atoms with Crippen LogP contribution in [0.4, 0.5) is 5.69 Å². The van der Waals surface area contributed by atoms with Crippen LogP contribution in [-0.2, 0) is 5.41 Å². The Bertz CT molecular complexity index is 688. The zero-order valence-electron chi connectivity index (χ0n) is 14.0. The van der Waals surface area contributed by atoms with E-state index in [0.29, 0.717) is 0 Å². The summed E-state index contributed by atoms with van der Waals surface area (Å²) in [4.78, 5) is 11.7. The molecule has 0 saturated carbocycles. The van der Waals surface area contributed by atoms with Crippen molar-refractivity contribution in [1.82, 2.24) is 15.3 Å². The van der Waals surface area contributed by atoms with Gasteiger partial charge in [-0.15, -0.1) is 0 Å². The largest absolute Gasteiger partial charge is 0.507 e. The summed E-state index contributed by atoms with van der Waals surface area (Å²) in [5, 5.41) is 13.6. The van der Waals surface area contributed by atoms with E-state index in [1.807, 2.05) is 24.4 Å². The number of nitrogens with zero attached hydrogens (tertiary/aromatic N) is 3. The molecule has 2 heterocycles. The first-order valence-corrected chi connectivity index (χ1v) is 8.08. The van der Waals surface area contributed by atoms with Crippen molar-refractivity contribution in [3.63, 3.8) is 0 Å². The summed E-state index contributed by atoms with van der Waals surface area (Å²) in [7, 11) is 0. The molecule has 0 amide bonds. The molecule has 0 atom stereocenters. The number of phenolic OH excluding ortho intramolecular Hbond substituents is 1. The van der Waals surface area contributed by atoms with Gasteiger partial charge >= 0.3 is 0 Å². The Kier molecular flexibility index (Phi) is 4.22. The molecule has 1 saturated heterocycles. The highest BCUT2D eigenvalue weighted by Crippen LogP contribution is 2.35. The van der Waals surface area contributed by atoms with E-state index in [0.717, 1.165) is 48.9 Å². The molecule has 0 spiro atoms. The van der Waals surface area contributed by atoms with Crippen LogP contribution in [0.1, 0.15) is 26.6 Å². The monoisotopic (exact) mass is 312 g/mol. The van der Waals surface area contributed by atoms with Gasteiger partial charge in [0.25, 0.3) is 0 Å². The summed E-state index contributed by atoms with van der Waals surface area (Å²) in [5.41, 5.74) is 2.42. The summed E-state index contributed by atoms with van der Waals surface area (Å²) in [6.45, 7) is 10.0. The Morgan fingerprint density at radius 2 is 1.83 bits per heavy atom. The van der Waals surface area contributed by atoms with Gasteiger partial charge in [-0.25, -0.2) is 9.97 Å². The molecule has 0 aliphatic carbocycles. The van der Waals surface area contributed by atoms with Crippen LogP contribution < -0.4 is 10.2 Å². The van der Waals surface area contributed by atoms with E-state index in [1.165, 1.54) is 0 Å². The summed E-state index contributed by atoms with van der Waals surface area (Å²) < 4.78 is 0. The van der Waals surface area contributed by atoms with Gasteiger partial charge in [-0.05, 0) is 12.1 Å². The first-order chi connectivity index (χ1) is 11.0. The molecule has 1 aromatic heterocycles. The smallest absolute Gasteiger partial charge is 0.134 e. The van der Waals surface area contributed by atoms with Gasteiger partial charge < -0.3 is 15.3 Å². The van der Waals surface area contributed by atoms with Crippen LogP contribution in [0.2, 0.25) is 0 Å². The van der Waals surface area contributed by atoms with E-state index in [-0.39, 0.29) is 11.2 Å². The van der Waals surface area contributed by atoms with Gasteiger partial charge in [-0.2, -0.15) is 0 Å². The highest BCUT2D eigenvalue weighted by molar-refractivity contribution is 5.78. The van der Waals surface area contributed by atoms with Crippen LogP contribution >= 0.6 is 0 Å². The Labute approximate surface area is 137 Å². The number of hydrogen-bond acceptors (Lipinski definition) is 5. The molecular formula is C18H24N4O.